The standard InChI is InChI=1S/C15H14BrNO3S/c1-10-14(21-9-17-10)6-7-20-12-3-4-13(16)11(8-12)2-5-15(18)19/h2-5,8-9H,6-7H2,1H3,(H,18,19)/b5-2+. The van der Waals surface area contributed by atoms with Crippen molar-refractivity contribution in [1.29, 1.82) is 0 Å². The third kappa shape index (κ3) is 4.68. The summed E-state index contributed by atoms with van der Waals surface area (Å²) in [5, 5.41) is 8.67. The Morgan fingerprint density at radius 2 is 2.33 bits per heavy atom. The molecule has 2 rings (SSSR count). The molecule has 0 aliphatic rings. The molecule has 1 heterocycles. The number of carboxylic acid groups (broad SMARTS) is 1. The maximum Gasteiger partial charge on any atom is 0.328 e. The maximum absolute atomic E-state index is 10.6. The molecule has 0 bridgehead atoms. The first kappa shape index (κ1) is 15.7. The SMILES string of the molecule is Cc1ncsc1CCOc1ccc(Br)c(/C=C/C(=O)O)c1. The van der Waals surface area contributed by atoms with E-state index in [0.717, 1.165) is 28.2 Å². The Labute approximate surface area is 135 Å². The van der Waals surface area contributed by atoms with E-state index in [0.29, 0.717) is 12.4 Å². The van der Waals surface area contributed by atoms with Crippen LogP contribution in [0.15, 0.2) is 34.3 Å². The Balaban J connectivity index is 1.99. The van der Waals surface area contributed by atoms with Crippen molar-refractivity contribution in [2.24, 2.45) is 0 Å². The van der Waals surface area contributed by atoms with Gasteiger partial charge in [-0.2, -0.15) is 0 Å². The monoisotopic (exact) mass is 367 g/mol. The molecule has 1 N–H and O–H groups in total. The van der Waals surface area contributed by atoms with E-state index in [1.807, 2.05) is 30.6 Å². The van der Waals surface area contributed by atoms with Gasteiger partial charge in [0.1, 0.15) is 5.75 Å². The van der Waals surface area contributed by atoms with Crippen molar-refractivity contribution < 1.29 is 14.6 Å². The molecule has 0 aliphatic heterocycles. The van der Waals surface area contributed by atoms with Crippen LogP contribution in [0.2, 0.25) is 0 Å². The highest BCUT2D eigenvalue weighted by Gasteiger charge is 2.04. The predicted molar refractivity (Wildman–Crippen MR) is 86.9 cm³/mol. The fourth-order valence-electron chi connectivity index (χ4n) is 1.73. The van der Waals surface area contributed by atoms with Crippen LogP contribution in [0.5, 0.6) is 5.75 Å². The fraction of sp³-hybridized carbons (Fsp3) is 0.200. The molecule has 6 heteroatoms. The molecule has 21 heavy (non-hydrogen) atoms. The molecule has 0 unspecified atom stereocenters. The van der Waals surface area contributed by atoms with Crippen molar-refractivity contribution in [3.05, 3.63) is 50.4 Å². The largest absolute Gasteiger partial charge is 0.493 e. The number of aliphatic carboxylic acids is 1. The molecule has 0 spiro atoms. The fourth-order valence-corrected chi connectivity index (χ4v) is 2.87. The van der Waals surface area contributed by atoms with Crippen LogP contribution in [0.1, 0.15) is 16.1 Å². The Bertz CT molecular complexity index is 667. The topological polar surface area (TPSA) is 59.4 Å². The average Bonchev–Trinajstić information content (AvgIpc) is 2.84. The first-order valence-corrected chi connectivity index (χ1v) is 7.96. The van der Waals surface area contributed by atoms with E-state index < -0.39 is 5.97 Å². The number of hydrogen-bond acceptors (Lipinski definition) is 4. The third-order valence-corrected chi connectivity index (χ3v) is 4.53. The summed E-state index contributed by atoms with van der Waals surface area (Å²) in [7, 11) is 0. The van der Waals surface area contributed by atoms with Crippen LogP contribution in [0, 0.1) is 6.92 Å². The number of hydrogen-bond donors (Lipinski definition) is 1. The molecule has 0 saturated heterocycles. The maximum atomic E-state index is 10.6. The molecule has 0 aliphatic carbocycles. The van der Waals surface area contributed by atoms with Gasteiger partial charge in [0.25, 0.3) is 0 Å². The summed E-state index contributed by atoms with van der Waals surface area (Å²) in [6.45, 7) is 2.55. The molecule has 0 amide bonds. The number of aryl methyl sites for hydroxylation is 1. The van der Waals surface area contributed by atoms with Crippen molar-refractivity contribution >= 4 is 39.3 Å². The van der Waals surface area contributed by atoms with Crippen LogP contribution >= 0.6 is 27.3 Å². The second-order valence-corrected chi connectivity index (χ2v) is 6.11. The highest BCUT2D eigenvalue weighted by Crippen LogP contribution is 2.24. The number of nitrogens with zero attached hydrogens (tertiary/aromatic N) is 1. The predicted octanol–water partition coefficient (Wildman–Crippen LogP) is 3.93. The molecule has 1 aromatic carbocycles. The molecule has 0 radical (unpaired) electrons. The molecule has 0 fully saturated rings. The van der Waals surface area contributed by atoms with Gasteiger partial charge >= 0.3 is 5.97 Å². The molecule has 110 valence electrons. The van der Waals surface area contributed by atoms with E-state index in [2.05, 4.69) is 20.9 Å². The molecule has 2 aromatic rings. The summed E-state index contributed by atoms with van der Waals surface area (Å²) in [4.78, 5) is 16.0. The summed E-state index contributed by atoms with van der Waals surface area (Å²) in [5.41, 5.74) is 3.65. The minimum atomic E-state index is -0.978. The van der Waals surface area contributed by atoms with Gasteiger partial charge in [-0.3, -0.25) is 0 Å². The van der Waals surface area contributed by atoms with Crippen LogP contribution in [0.3, 0.4) is 0 Å². The first-order chi connectivity index (χ1) is 10.1. The number of halogens is 1. The second-order valence-electron chi connectivity index (χ2n) is 4.31. The van der Waals surface area contributed by atoms with Gasteiger partial charge in [-0.05, 0) is 36.8 Å². The van der Waals surface area contributed by atoms with Crippen LogP contribution in [-0.2, 0) is 11.2 Å². The lowest BCUT2D eigenvalue weighted by molar-refractivity contribution is -0.131. The normalized spacial score (nSPS) is 11.0. The van der Waals surface area contributed by atoms with Gasteiger partial charge in [-0.25, -0.2) is 9.78 Å². The van der Waals surface area contributed by atoms with Gasteiger partial charge in [-0.1, -0.05) is 15.9 Å². The molecule has 4 nitrogen and oxygen atoms in total. The van der Waals surface area contributed by atoms with Gasteiger partial charge in [-0.15, -0.1) is 11.3 Å². The Morgan fingerprint density at radius 3 is 3.00 bits per heavy atom. The smallest absolute Gasteiger partial charge is 0.328 e. The molecule has 1 aromatic heterocycles. The third-order valence-electron chi connectivity index (χ3n) is 2.82. The van der Waals surface area contributed by atoms with Gasteiger partial charge in [0.05, 0.1) is 17.8 Å². The van der Waals surface area contributed by atoms with E-state index in [1.54, 1.807) is 11.3 Å². The Kier molecular flexibility index (Phi) is 5.52. The van der Waals surface area contributed by atoms with E-state index in [-0.39, 0.29) is 0 Å². The van der Waals surface area contributed by atoms with E-state index in [9.17, 15) is 4.79 Å². The number of ether oxygens (including phenoxy) is 1. The van der Waals surface area contributed by atoms with Gasteiger partial charge < -0.3 is 9.84 Å². The van der Waals surface area contributed by atoms with Crippen LogP contribution in [0.25, 0.3) is 6.08 Å². The van der Waals surface area contributed by atoms with Crippen molar-refractivity contribution in [2.45, 2.75) is 13.3 Å². The lowest BCUT2D eigenvalue weighted by Crippen LogP contribution is -2.01. The highest BCUT2D eigenvalue weighted by atomic mass is 79.9. The van der Waals surface area contributed by atoms with Crippen LogP contribution in [-0.4, -0.2) is 22.7 Å². The quantitative estimate of drug-likeness (QED) is 0.785. The zero-order valence-electron chi connectivity index (χ0n) is 11.4. The van der Waals surface area contributed by atoms with E-state index in [1.165, 1.54) is 11.0 Å². The summed E-state index contributed by atoms with van der Waals surface area (Å²) in [6, 6.07) is 5.50. The van der Waals surface area contributed by atoms with E-state index >= 15 is 0 Å². The van der Waals surface area contributed by atoms with Crippen molar-refractivity contribution in [3.8, 4) is 5.75 Å². The number of benzene rings is 1. The summed E-state index contributed by atoms with van der Waals surface area (Å²) in [6.07, 6.45) is 3.45. The lowest BCUT2D eigenvalue weighted by atomic mass is 10.2. The van der Waals surface area contributed by atoms with Crippen LogP contribution < -0.4 is 4.74 Å². The van der Waals surface area contributed by atoms with Crippen molar-refractivity contribution in [1.82, 2.24) is 4.98 Å². The summed E-state index contributed by atoms with van der Waals surface area (Å²) < 4.78 is 6.54. The van der Waals surface area contributed by atoms with Crippen molar-refractivity contribution in [2.75, 3.05) is 6.61 Å². The average molecular weight is 368 g/mol. The minimum absolute atomic E-state index is 0.562. The zero-order valence-corrected chi connectivity index (χ0v) is 13.8. The number of rotatable bonds is 6. The molecule has 0 saturated carbocycles. The molecular formula is C15H14BrNO3S. The summed E-state index contributed by atoms with van der Waals surface area (Å²) >= 11 is 5.01. The van der Waals surface area contributed by atoms with E-state index in [4.69, 9.17) is 9.84 Å². The second kappa shape index (κ2) is 7.38. The zero-order chi connectivity index (χ0) is 15.2. The van der Waals surface area contributed by atoms with Gasteiger partial charge in [0.2, 0.25) is 0 Å². The first-order valence-electron chi connectivity index (χ1n) is 6.28. The molecule has 0 atom stereocenters. The molecular weight excluding hydrogens is 354 g/mol. The van der Waals surface area contributed by atoms with Crippen LogP contribution in [0.4, 0.5) is 0 Å². The number of carbonyl (C=O) groups is 1. The van der Waals surface area contributed by atoms with Gasteiger partial charge in [0.15, 0.2) is 0 Å². The van der Waals surface area contributed by atoms with Crippen molar-refractivity contribution in [3.63, 3.8) is 0 Å². The summed E-state index contributed by atoms with van der Waals surface area (Å²) in [5.74, 6) is -0.265. The van der Waals surface area contributed by atoms with Gasteiger partial charge in [0, 0.05) is 21.8 Å². The number of aromatic nitrogens is 1. The number of thiazole rings is 1. The highest BCUT2D eigenvalue weighted by molar-refractivity contribution is 9.10. The lowest BCUT2D eigenvalue weighted by Gasteiger charge is -2.07. The minimum Gasteiger partial charge on any atom is -0.493 e. The Hall–Kier alpha value is -1.66. The number of carboxylic acids is 1. The Morgan fingerprint density at radius 1 is 1.52 bits per heavy atom.